The summed E-state index contributed by atoms with van der Waals surface area (Å²) in [6, 6.07) is 0.582. The first kappa shape index (κ1) is 10.2. The van der Waals surface area contributed by atoms with Crippen LogP contribution in [0.4, 0.5) is 0 Å². The molecule has 0 bridgehead atoms. The van der Waals surface area contributed by atoms with E-state index in [0.717, 1.165) is 19.8 Å². The minimum atomic E-state index is 0. The van der Waals surface area contributed by atoms with Crippen LogP contribution in [0.2, 0.25) is 0 Å². The third kappa shape index (κ3) is 2.86. The number of ether oxygens (including phenoxy) is 1. The summed E-state index contributed by atoms with van der Waals surface area (Å²) in [6.07, 6.45) is 0. The first-order valence-electron chi connectivity index (χ1n) is 3.62. The lowest BCUT2D eigenvalue weighted by molar-refractivity contribution is 0.0623. The summed E-state index contributed by atoms with van der Waals surface area (Å²) in [4.78, 5) is 0. The van der Waals surface area contributed by atoms with Crippen molar-refractivity contribution in [3.63, 3.8) is 0 Å². The lowest BCUT2D eigenvalue weighted by atomic mass is 10.1. The molecule has 1 heterocycles. The van der Waals surface area contributed by atoms with Crippen LogP contribution < -0.4 is 5.32 Å². The molecule has 1 rings (SSSR count). The Morgan fingerprint density at radius 2 is 2.20 bits per heavy atom. The minimum Gasteiger partial charge on any atom is -0.379 e. The van der Waals surface area contributed by atoms with Crippen LogP contribution in [0, 0.1) is 5.92 Å². The second-order valence-electron chi connectivity index (χ2n) is 2.88. The predicted molar refractivity (Wildman–Crippen MR) is 44.7 cm³/mol. The molecule has 3 heteroatoms. The Balaban J connectivity index is 0.000000810. The second-order valence-corrected chi connectivity index (χ2v) is 2.88. The van der Waals surface area contributed by atoms with Gasteiger partial charge in [-0.2, -0.15) is 0 Å². The lowest BCUT2D eigenvalue weighted by Gasteiger charge is -2.26. The molecule has 0 saturated carbocycles. The van der Waals surface area contributed by atoms with Crippen molar-refractivity contribution in [3.05, 3.63) is 0 Å². The van der Waals surface area contributed by atoms with Crippen LogP contribution >= 0.6 is 12.4 Å². The zero-order valence-corrected chi connectivity index (χ0v) is 7.41. The molecule has 10 heavy (non-hydrogen) atoms. The number of hydrogen-bond acceptors (Lipinski definition) is 2. The van der Waals surface area contributed by atoms with Crippen molar-refractivity contribution < 1.29 is 4.74 Å². The molecule has 2 nitrogen and oxygen atoms in total. The highest BCUT2D eigenvalue weighted by molar-refractivity contribution is 5.85. The normalized spacial score (nSPS) is 26.1. The van der Waals surface area contributed by atoms with Gasteiger partial charge in [-0.15, -0.1) is 12.4 Å². The molecule has 0 spiro atoms. The van der Waals surface area contributed by atoms with Crippen molar-refractivity contribution in [2.24, 2.45) is 5.92 Å². The van der Waals surface area contributed by atoms with E-state index in [0.29, 0.717) is 12.0 Å². The van der Waals surface area contributed by atoms with Crippen LogP contribution in [0.1, 0.15) is 13.8 Å². The molecule has 1 N–H and O–H groups in total. The van der Waals surface area contributed by atoms with Crippen molar-refractivity contribution in [3.8, 4) is 0 Å². The average molecular weight is 166 g/mol. The van der Waals surface area contributed by atoms with E-state index in [1.54, 1.807) is 0 Å². The first-order chi connectivity index (χ1) is 4.30. The van der Waals surface area contributed by atoms with E-state index in [-0.39, 0.29) is 12.4 Å². The zero-order chi connectivity index (χ0) is 6.69. The van der Waals surface area contributed by atoms with Gasteiger partial charge in [-0.1, -0.05) is 13.8 Å². The predicted octanol–water partition coefficient (Wildman–Crippen LogP) is 1.05. The fourth-order valence-corrected chi connectivity index (χ4v) is 1.01. The summed E-state index contributed by atoms with van der Waals surface area (Å²) in [7, 11) is 0. The number of rotatable bonds is 1. The van der Waals surface area contributed by atoms with E-state index in [1.807, 2.05) is 0 Å². The molecule has 0 aromatic heterocycles. The van der Waals surface area contributed by atoms with Crippen molar-refractivity contribution >= 4 is 12.4 Å². The highest BCUT2D eigenvalue weighted by atomic mass is 35.5. The molecule has 1 atom stereocenters. The van der Waals surface area contributed by atoms with Crippen molar-refractivity contribution in [2.75, 3.05) is 19.8 Å². The molecule has 1 unspecified atom stereocenters. The Labute approximate surface area is 68.7 Å². The van der Waals surface area contributed by atoms with E-state index in [9.17, 15) is 0 Å². The van der Waals surface area contributed by atoms with Gasteiger partial charge in [0.15, 0.2) is 0 Å². The summed E-state index contributed by atoms with van der Waals surface area (Å²) in [5.41, 5.74) is 0. The van der Waals surface area contributed by atoms with Crippen LogP contribution in [0.15, 0.2) is 0 Å². The summed E-state index contributed by atoms with van der Waals surface area (Å²) in [6.45, 7) is 7.21. The van der Waals surface area contributed by atoms with E-state index in [4.69, 9.17) is 4.74 Å². The number of nitrogens with one attached hydrogen (secondary N) is 1. The van der Waals surface area contributed by atoms with Gasteiger partial charge in [-0.25, -0.2) is 0 Å². The van der Waals surface area contributed by atoms with Gasteiger partial charge in [-0.05, 0) is 5.92 Å². The Bertz CT molecular complexity index is 81.7. The highest BCUT2D eigenvalue weighted by Gasteiger charge is 2.15. The fourth-order valence-electron chi connectivity index (χ4n) is 1.01. The molecular formula is C7H16ClNO. The van der Waals surface area contributed by atoms with E-state index in [2.05, 4.69) is 19.2 Å². The first-order valence-corrected chi connectivity index (χ1v) is 3.62. The Morgan fingerprint density at radius 3 is 2.50 bits per heavy atom. The van der Waals surface area contributed by atoms with Crippen molar-refractivity contribution in [1.29, 1.82) is 0 Å². The SMILES string of the molecule is CC(C)C1COCCN1.Cl. The van der Waals surface area contributed by atoms with Gasteiger partial charge in [0.1, 0.15) is 0 Å². The molecule has 0 radical (unpaired) electrons. The highest BCUT2D eigenvalue weighted by Crippen LogP contribution is 2.04. The van der Waals surface area contributed by atoms with Crippen LogP contribution in [0.25, 0.3) is 0 Å². The standard InChI is InChI=1S/C7H15NO.ClH/c1-6(2)7-5-9-4-3-8-7;/h6-8H,3-5H2,1-2H3;1H. The summed E-state index contributed by atoms with van der Waals surface area (Å²) in [5, 5.41) is 3.39. The fraction of sp³-hybridized carbons (Fsp3) is 1.00. The topological polar surface area (TPSA) is 21.3 Å². The van der Waals surface area contributed by atoms with Gasteiger partial charge in [0.2, 0.25) is 0 Å². The van der Waals surface area contributed by atoms with Gasteiger partial charge < -0.3 is 10.1 Å². The van der Waals surface area contributed by atoms with Gasteiger partial charge >= 0.3 is 0 Å². The monoisotopic (exact) mass is 165 g/mol. The smallest absolute Gasteiger partial charge is 0.0622 e. The molecule has 62 valence electrons. The number of morpholine rings is 1. The Hall–Kier alpha value is 0.210. The van der Waals surface area contributed by atoms with Crippen molar-refractivity contribution in [1.82, 2.24) is 5.32 Å². The summed E-state index contributed by atoms with van der Waals surface area (Å²) >= 11 is 0. The van der Waals surface area contributed by atoms with E-state index >= 15 is 0 Å². The van der Waals surface area contributed by atoms with Crippen LogP contribution in [-0.4, -0.2) is 25.8 Å². The molecule has 0 aromatic rings. The quantitative estimate of drug-likeness (QED) is 0.628. The van der Waals surface area contributed by atoms with E-state index in [1.165, 1.54) is 0 Å². The molecule has 1 fully saturated rings. The van der Waals surface area contributed by atoms with Crippen LogP contribution in [0.3, 0.4) is 0 Å². The molecule has 1 aliphatic rings. The number of hydrogen-bond donors (Lipinski definition) is 1. The van der Waals surface area contributed by atoms with Gasteiger partial charge in [0.25, 0.3) is 0 Å². The van der Waals surface area contributed by atoms with E-state index < -0.39 is 0 Å². The maximum absolute atomic E-state index is 5.28. The third-order valence-corrected chi connectivity index (χ3v) is 1.76. The van der Waals surface area contributed by atoms with Crippen LogP contribution in [0.5, 0.6) is 0 Å². The molecule has 0 amide bonds. The maximum atomic E-state index is 5.28. The minimum absolute atomic E-state index is 0. The molecule has 1 saturated heterocycles. The lowest BCUT2D eigenvalue weighted by Crippen LogP contribution is -2.44. The average Bonchev–Trinajstić information content (AvgIpc) is 1.90. The zero-order valence-electron chi connectivity index (χ0n) is 6.59. The Kier molecular flexibility index (Phi) is 5.04. The van der Waals surface area contributed by atoms with Gasteiger partial charge in [0, 0.05) is 12.6 Å². The van der Waals surface area contributed by atoms with Gasteiger partial charge in [0.05, 0.1) is 13.2 Å². The molecule has 0 aliphatic carbocycles. The third-order valence-electron chi connectivity index (χ3n) is 1.76. The van der Waals surface area contributed by atoms with Gasteiger partial charge in [-0.3, -0.25) is 0 Å². The summed E-state index contributed by atoms with van der Waals surface area (Å²) in [5.74, 6) is 0.699. The number of halogens is 1. The Morgan fingerprint density at radius 1 is 1.50 bits per heavy atom. The molecule has 1 aliphatic heterocycles. The maximum Gasteiger partial charge on any atom is 0.0622 e. The molecular weight excluding hydrogens is 150 g/mol. The second kappa shape index (κ2) is 4.94. The summed E-state index contributed by atoms with van der Waals surface area (Å²) < 4.78 is 5.28. The largest absolute Gasteiger partial charge is 0.379 e. The van der Waals surface area contributed by atoms with Crippen LogP contribution in [-0.2, 0) is 4.74 Å². The van der Waals surface area contributed by atoms with Crippen molar-refractivity contribution in [2.45, 2.75) is 19.9 Å². The molecule has 0 aromatic carbocycles.